The standard InChI is InChI=1S/C14H26ClN3O2S/c15-10-13-4-3-7-17(11-13)21(19,20)18-9-8-16-6-2-1-5-14(16)12-18/h13-14H,1-12H2. The molecule has 3 heterocycles. The Hall–Kier alpha value is 0.120. The van der Waals surface area contributed by atoms with E-state index in [1.165, 1.54) is 12.8 Å². The molecule has 122 valence electrons. The summed E-state index contributed by atoms with van der Waals surface area (Å²) < 4.78 is 29.1. The van der Waals surface area contributed by atoms with Gasteiger partial charge in [0.05, 0.1) is 0 Å². The Morgan fingerprint density at radius 2 is 1.71 bits per heavy atom. The zero-order valence-electron chi connectivity index (χ0n) is 12.6. The fraction of sp³-hybridized carbons (Fsp3) is 1.00. The van der Waals surface area contributed by atoms with Gasteiger partial charge in [0.25, 0.3) is 10.2 Å². The van der Waals surface area contributed by atoms with Crippen molar-refractivity contribution in [2.75, 3.05) is 45.1 Å². The number of piperidine rings is 2. The van der Waals surface area contributed by atoms with E-state index < -0.39 is 10.2 Å². The lowest BCUT2D eigenvalue weighted by Gasteiger charge is -2.45. The largest absolute Gasteiger partial charge is 0.298 e. The Labute approximate surface area is 133 Å². The molecule has 0 aliphatic carbocycles. The van der Waals surface area contributed by atoms with Crippen LogP contribution in [0.15, 0.2) is 0 Å². The summed E-state index contributed by atoms with van der Waals surface area (Å²) in [5.74, 6) is 0.869. The van der Waals surface area contributed by atoms with Gasteiger partial charge in [-0.05, 0) is 38.1 Å². The predicted molar refractivity (Wildman–Crippen MR) is 84.7 cm³/mol. The van der Waals surface area contributed by atoms with Crippen molar-refractivity contribution in [3.63, 3.8) is 0 Å². The first-order valence-electron chi connectivity index (χ1n) is 8.16. The molecule has 0 radical (unpaired) electrons. The maximum absolute atomic E-state index is 12.9. The van der Waals surface area contributed by atoms with Crippen molar-refractivity contribution in [2.45, 2.75) is 38.1 Å². The first kappa shape index (κ1) is 16.0. The van der Waals surface area contributed by atoms with Gasteiger partial charge in [0.15, 0.2) is 0 Å². The molecule has 2 atom stereocenters. The number of rotatable bonds is 3. The summed E-state index contributed by atoms with van der Waals surface area (Å²) in [5.41, 5.74) is 0. The average molecular weight is 336 g/mol. The van der Waals surface area contributed by atoms with Crippen LogP contribution < -0.4 is 0 Å². The summed E-state index contributed by atoms with van der Waals surface area (Å²) >= 11 is 5.93. The van der Waals surface area contributed by atoms with E-state index in [2.05, 4.69) is 4.90 Å². The normalized spacial score (nSPS) is 33.8. The van der Waals surface area contributed by atoms with Crippen molar-refractivity contribution in [1.29, 1.82) is 0 Å². The van der Waals surface area contributed by atoms with Gasteiger partial charge in [-0.2, -0.15) is 17.0 Å². The highest BCUT2D eigenvalue weighted by molar-refractivity contribution is 7.86. The molecule has 2 unspecified atom stereocenters. The van der Waals surface area contributed by atoms with Gasteiger partial charge in [0.1, 0.15) is 0 Å². The van der Waals surface area contributed by atoms with Crippen LogP contribution in [-0.4, -0.2) is 73.1 Å². The van der Waals surface area contributed by atoms with Gasteiger partial charge < -0.3 is 0 Å². The van der Waals surface area contributed by atoms with Gasteiger partial charge >= 0.3 is 0 Å². The molecular weight excluding hydrogens is 310 g/mol. The van der Waals surface area contributed by atoms with Crippen LogP contribution in [0.1, 0.15) is 32.1 Å². The van der Waals surface area contributed by atoms with E-state index in [1.54, 1.807) is 8.61 Å². The Balaban J connectivity index is 1.67. The van der Waals surface area contributed by atoms with Crippen LogP contribution in [0.4, 0.5) is 0 Å². The van der Waals surface area contributed by atoms with Gasteiger partial charge in [-0.3, -0.25) is 4.90 Å². The van der Waals surface area contributed by atoms with Crippen LogP contribution in [0.25, 0.3) is 0 Å². The molecule has 3 fully saturated rings. The summed E-state index contributed by atoms with van der Waals surface area (Å²) in [4.78, 5) is 2.47. The van der Waals surface area contributed by atoms with Crippen LogP contribution >= 0.6 is 11.6 Å². The number of fused-ring (bicyclic) bond motifs is 1. The van der Waals surface area contributed by atoms with E-state index in [1.807, 2.05) is 0 Å². The molecule has 0 amide bonds. The minimum atomic E-state index is -3.30. The molecule has 3 aliphatic heterocycles. The number of nitrogens with zero attached hydrogens (tertiary/aromatic N) is 3. The third-order valence-electron chi connectivity index (χ3n) is 5.15. The smallest absolute Gasteiger partial charge is 0.282 e. The Bertz CT molecular complexity index is 459. The average Bonchev–Trinajstić information content (AvgIpc) is 2.54. The second-order valence-electron chi connectivity index (χ2n) is 6.57. The lowest BCUT2D eigenvalue weighted by Crippen LogP contribution is -2.59. The van der Waals surface area contributed by atoms with Gasteiger partial charge in [-0.15, -0.1) is 11.6 Å². The summed E-state index contributed by atoms with van der Waals surface area (Å²) in [7, 11) is -3.30. The Kier molecular flexibility index (Phi) is 5.11. The van der Waals surface area contributed by atoms with E-state index in [0.29, 0.717) is 44.0 Å². The second-order valence-corrected chi connectivity index (χ2v) is 8.81. The lowest BCUT2D eigenvalue weighted by atomic mass is 10.0. The number of piperazine rings is 1. The number of hydrogen-bond donors (Lipinski definition) is 0. The summed E-state index contributed by atoms with van der Waals surface area (Å²) in [6, 6.07) is 0.427. The molecule has 3 saturated heterocycles. The molecule has 0 bridgehead atoms. The first-order valence-corrected chi connectivity index (χ1v) is 10.1. The number of hydrogen-bond acceptors (Lipinski definition) is 3. The molecule has 3 rings (SSSR count). The molecule has 0 N–H and O–H groups in total. The first-order chi connectivity index (χ1) is 10.1. The Morgan fingerprint density at radius 3 is 2.52 bits per heavy atom. The van der Waals surface area contributed by atoms with Gasteiger partial charge in [-0.25, -0.2) is 0 Å². The maximum Gasteiger partial charge on any atom is 0.282 e. The van der Waals surface area contributed by atoms with Crippen LogP contribution in [0.2, 0.25) is 0 Å². The number of halogens is 1. The Morgan fingerprint density at radius 1 is 0.905 bits per heavy atom. The van der Waals surface area contributed by atoms with Crippen LogP contribution in [0.3, 0.4) is 0 Å². The van der Waals surface area contributed by atoms with Crippen LogP contribution in [0.5, 0.6) is 0 Å². The summed E-state index contributed by atoms with van der Waals surface area (Å²) in [6.07, 6.45) is 5.60. The van der Waals surface area contributed by atoms with E-state index in [-0.39, 0.29) is 0 Å². The highest BCUT2D eigenvalue weighted by Gasteiger charge is 2.38. The molecule has 0 aromatic rings. The van der Waals surface area contributed by atoms with E-state index in [4.69, 9.17) is 11.6 Å². The van der Waals surface area contributed by atoms with Crippen molar-refractivity contribution >= 4 is 21.8 Å². The van der Waals surface area contributed by atoms with Gasteiger partial charge in [-0.1, -0.05) is 6.42 Å². The molecule has 21 heavy (non-hydrogen) atoms. The lowest BCUT2D eigenvalue weighted by molar-refractivity contribution is 0.0811. The molecule has 0 aromatic heterocycles. The minimum Gasteiger partial charge on any atom is -0.298 e. The second kappa shape index (κ2) is 6.71. The van der Waals surface area contributed by atoms with Crippen molar-refractivity contribution in [3.8, 4) is 0 Å². The van der Waals surface area contributed by atoms with Crippen molar-refractivity contribution in [3.05, 3.63) is 0 Å². The zero-order valence-corrected chi connectivity index (χ0v) is 14.2. The van der Waals surface area contributed by atoms with E-state index >= 15 is 0 Å². The van der Waals surface area contributed by atoms with Crippen molar-refractivity contribution in [1.82, 2.24) is 13.5 Å². The van der Waals surface area contributed by atoms with Crippen LogP contribution in [0, 0.1) is 5.92 Å². The summed E-state index contributed by atoms with van der Waals surface area (Å²) in [5, 5.41) is 0. The van der Waals surface area contributed by atoms with E-state index in [0.717, 1.165) is 32.4 Å². The fourth-order valence-electron chi connectivity index (χ4n) is 3.86. The third-order valence-corrected chi connectivity index (χ3v) is 7.56. The highest BCUT2D eigenvalue weighted by Crippen LogP contribution is 2.26. The molecule has 7 heteroatoms. The van der Waals surface area contributed by atoms with Crippen molar-refractivity contribution < 1.29 is 8.42 Å². The predicted octanol–water partition coefficient (Wildman–Crippen LogP) is 1.35. The third kappa shape index (κ3) is 3.39. The van der Waals surface area contributed by atoms with Crippen molar-refractivity contribution in [2.24, 2.45) is 5.92 Å². The maximum atomic E-state index is 12.9. The van der Waals surface area contributed by atoms with Gasteiger partial charge in [0, 0.05) is 44.6 Å². The molecule has 3 aliphatic rings. The zero-order chi connectivity index (χ0) is 14.9. The summed E-state index contributed by atoms with van der Waals surface area (Å²) in [6.45, 7) is 4.58. The van der Waals surface area contributed by atoms with E-state index in [9.17, 15) is 8.42 Å². The molecule has 0 saturated carbocycles. The van der Waals surface area contributed by atoms with Crippen LogP contribution in [-0.2, 0) is 10.2 Å². The highest BCUT2D eigenvalue weighted by atomic mass is 35.5. The topological polar surface area (TPSA) is 43.9 Å². The SMILES string of the molecule is O=S(=O)(N1CCCC(CCl)C1)N1CCN2CCCCC2C1. The molecule has 5 nitrogen and oxygen atoms in total. The van der Waals surface area contributed by atoms with Gasteiger partial charge in [0.2, 0.25) is 0 Å². The monoisotopic (exact) mass is 335 g/mol. The quantitative estimate of drug-likeness (QED) is 0.731. The fourth-order valence-corrected chi connectivity index (χ4v) is 5.87. The molecule has 0 aromatic carbocycles. The number of alkyl halides is 1. The minimum absolute atomic E-state index is 0.311. The molecular formula is C14H26ClN3O2S. The molecule has 0 spiro atoms.